The van der Waals surface area contributed by atoms with Crippen LogP contribution in [0.4, 0.5) is 5.69 Å². The van der Waals surface area contributed by atoms with Gasteiger partial charge < -0.3 is 4.74 Å². The zero-order chi connectivity index (χ0) is 13.0. The minimum Gasteiger partial charge on any atom is -0.489 e. The highest BCUT2D eigenvalue weighted by Gasteiger charge is 2.06. The van der Waals surface area contributed by atoms with Gasteiger partial charge in [-0.1, -0.05) is 6.07 Å². The second-order valence-electron chi connectivity index (χ2n) is 3.55. The summed E-state index contributed by atoms with van der Waals surface area (Å²) in [5.74, 6) is 0.462. The molecule has 2 aromatic rings. The Balaban J connectivity index is 2.06. The van der Waals surface area contributed by atoms with Crippen molar-refractivity contribution >= 4 is 21.6 Å². The molecule has 92 valence electrons. The van der Waals surface area contributed by atoms with Gasteiger partial charge in [-0.25, -0.2) is 0 Å². The van der Waals surface area contributed by atoms with E-state index < -0.39 is 4.92 Å². The van der Waals surface area contributed by atoms with Crippen LogP contribution in [0.25, 0.3) is 0 Å². The van der Waals surface area contributed by atoms with Crippen molar-refractivity contribution in [3.05, 3.63) is 62.9 Å². The van der Waals surface area contributed by atoms with E-state index in [9.17, 15) is 10.1 Å². The lowest BCUT2D eigenvalue weighted by Crippen LogP contribution is -1.97. The first kappa shape index (κ1) is 12.5. The molecule has 0 aliphatic carbocycles. The van der Waals surface area contributed by atoms with Crippen LogP contribution in [-0.4, -0.2) is 9.91 Å². The zero-order valence-corrected chi connectivity index (χ0v) is 10.8. The van der Waals surface area contributed by atoms with E-state index in [0.717, 1.165) is 10.0 Å². The molecule has 0 N–H and O–H groups in total. The highest BCUT2D eigenvalue weighted by molar-refractivity contribution is 9.10. The molecule has 0 saturated heterocycles. The van der Waals surface area contributed by atoms with Gasteiger partial charge in [-0.05, 0) is 28.1 Å². The predicted octanol–water partition coefficient (Wildman–Crippen LogP) is 3.33. The normalized spacial score (nSPS) is 10.1. The number of benzene rings is 1. The lowest BCUT2D eigenvalue weighted by atomic mass is 10.3. The van der Waals surface area contributed by atoms with E-state index in [2.05, 4.69) is 20.9 Å². The van der Waals surface area contributed by atoms with Gasteiger partial charge >= 0.3 is 0 Å². The highest BCUT2D eigenvalue weighted by atomic mass is 79.9. The van der Waals surface area contributed by atoms with Gasteiger partial charge in [0.2, 0.25) is 0 Å². The molecule has 0 aliphatic rings. The number of pyridine rings is 1. The molecule has 1 heterocycles. The van der Waals surface area contributed by atoms with Gasteiger partial charge in [0.05, 0.1) is 11.0 Å². The lowest BCUT2D eigenvalue weighted by Gasteiger charge is -2.05. The molecule has 0 unspecified atom stereocenters. The molecule has 0 amide bonds. The molecule has 0 aliphatic heterocycles. The third kappa shape index (κ3) is 3.27. The van der Waals surface area contributed by atoms with Crippen molar-refractivity contribution in [2.24, 2.45) is 0 Å². The summed E-state index contributed by atoms with van der Waals surface area (Å²) in [5, 5.41) is 10.6. The third-order valence-electron chi connectivity index (χ3n) is 2.20. The smallest absolute Gasteiger partial charge is 0.273 e. The van der Waals surface area contributed by atoms with Crippen molar-refractivity contribution < 1.29 is 9.66 Å². The molecule has 2 rings (SSSR count). The number of nitrogens with zero attached hydrogens (tertiary/aromatic N) is 2. The quantitative estimate of drug-likeness (QED) is 0.642. The zero-order valence-electron chi connectivity index (χ0n) is 9.25. The number of hydrogen-bond acceptors (Lipinski definition) is 4. The average molecular weight is 309 g/mol. The van der Waals surface area contributed by atoms with E-state index in [0.29, 0.717) is 12.4 Å². The van der Waals surface area contributed by atoms with Crippen molar-refractivity contribution in [1.82, 2.24) is 4.98 Å². The van der Waals surface area contributed by atoms with Gasteiger partial charge in [0.15, 0.2) is 0 Å². The predicted molar refractivity (Wildman–Crippen MR) is 69.4 cm³/mol. The Labute approximate surface area is 112 Å². The molecule has 5 nitrogen and oxygen atoms in total. The monoisotopic (exact) mass is 308 g/mol. The minimum absolute atomic E-state index is 0.0138. The van der Waals surface area contributed by atoms with Crippen LogP contribution in [0.2, 0.25) is 0 Å². The Morgan fingerprint density at radius 2 is 2.17 bits per heavy atom. The van der Waals surface area contributed by atoms with Gasteiger partial charge in [0.25, 0.3) is 5.69 Å². The van der Waals surface area contributed by atoms with Gasteiger partial charge in [-0.2, -0.15) is 0 Å². The van der Waals surface area contributed by atoms with E-state index in [1.807, 2.05) is 6.07 Å². The van der Waals surface area contributed by atoms with Gasteiger partial charge in [-0.3, -0.25) is 15.1 Å². The molecule has 0 radical (unpaired) electrons. The Morgan fingerprint density at radius 1 is 1.33 bits per heavy atom. The maximum absolute atomic E-state index is 10.6. The average Bonchev–Trinajstić information content (AvgIpc) is 2.37. The van der Waals surface area contributed by atoms with Crippen LogP contribution >= 0.6 is 15.9 Å². The van der Waals surface area contributed by atoms with Crippen molar-refractivity contribution in [2.75, 3.05) is 0 Å². The maximum Gasteiger partial charge on any atom is 0.273 e. The molecule has 1 aromatic carbocycles. The first-order valence-corrected chi connectivity index (χ1v) is 5.91. The van der Waals surface area contributed by atoms with E-state index in [4.69, 9.17) is 4.74 Å². The van der Waals surface area contributed by atoms with Crippen LogP contribution in [-0.2, 0) is 6.61 Å². The van der Waals surface area contributed by atoms with Crippen LogP contribution in [0.15, 0.2) is 47.2 Å². The fourth-order valence-corrected chi connectivity index (χ4v) is 1.80. The summed E-state index contributed by atoms with van der Waals surface area (Å²) >= 11 is 3.31. The topological polar surface area (TPSA) is 65.3 Å². The van der Waals surface area contributed by atoms with E-state index in [1.165, 1.54) is 12.1 Å². The number of rotatable bonds is 4. The van der Waals surface area contributed by atoms with Crippen molar-refractivity contribution in [3.8, 4) is 5.75 Å². The Bertz CT molecular complexity index is 575. The molecule has 0 fully saturated rings. The van der Waals surface area contributed by atoms with Crippen molar-refractivity contribution in [2.45, 2.75) is 6.61 Å². The summed E-state index contributed by atoms with van der Waals surface area (Å²) in [6, 6.07) is 7.97. The van der Waals surface area contributed by atoms with Gasteiger partial charge in [0, 0.05) is 28.5 Å². The maximum atomic E-state index is 10.6. The summed E-state index contributed by atoms with van der Waals surface area (Å²) in [6.07, 6.45) is 3.36. The molecule has 6 heteroatoms. The van der Waals surface area contributed by atoms with Crippen LogP contribution in [0.3, 0.4) is 0 Å². The first-order chi connectivity index (χ1) is 8.65. The molecule has 0 spiro atoms. The Kier molecular flexibility index (Phi) is 3.88. The van der Waals surface area contributed by atoms with Gasteiger partial charge in [0.1, 0.15) is 12.4 Å². The number of ether oxygens (including phenoxy) is 1. The second kappa shape index (κ2) is 5.59. The standard InChI is InChI=1S/C12H9BrN2O3/c13-10-4-9(6-14-7-10)8-18-12-3-1-2-11(5-12)15(16)17/h1-7H,8H2. The van der Waals surface area contributed by atoms with Crippen molar-refractivity contribution in [3.63, 3.8) is 0 Å². The summed E-state index contributed by atoms with van der Waals surface area (Å²) in [5.41, 5.74) is 0.899. The molecule has 0 atom stereocenters. The van der Waals surface area contributed by atoms with Crippen LogP contribution in [0, 0.1) is 10.1 Å². The number of aromatic nitrogens is 1. The van der Waals surface area contributed by atoms with Crippen LogP contribution in [0.5, 0.6) is 5.75 Å². The molecular weight excluding hydrogens is 300 g/mol. The molecular formula is C12H9BrN2O3. The van der Waals surface area contributed by atoms with E-state index in [-0.39, 0.29) is 5.69 Å². The molecule has 0 saturated carbocycles. The van der Waals surface area contributed by atoms with Gasteiger partial charge in [-0.15, -0.1) is 0 Å². The minimum atomic E-state index is -0.451. The number of halogens is 1. The van der Waals surface area contributed by atoms with E-state index >= 15 is 0 Å². The number of hydrogen-bond donors (Lipinski definition) is 0. The van der Waals surface area contributed by atoms with E-state index in [1.54, 1.807) is 24.5 Å². The number of nitro groups is 1. The van der Waals surface area contributed by atoms with Crippen molar-refractivity contribution in [1.29, 1.82) is 0 Å². The Morgan fingerprint density at radius 3 is 2.89 bits per heavy atom. The lowest BCUT2D eigenvalue weighted by molar-refractivity contribution is -0.384. The fourth-order valence-electron chi connectivity index (χ4n) is 1.39. The number of nitro benzene ring substituents is 1. The fraction of sp³-hybridized carbons (Fsp3) is 0.0833. The largest absolute Gasteiger partial charge is 0.489 e. The molecule has 1 aromatic heterocycles. The van der Waals surface area contributed by atoms with Crippen LogP contribution < -0.4 is 4.74 Å². The summed E-state index contributed by atoms with van der Waals surface area (Å²) in [6.45, 7) is 0.313. The second-order valence-corrected chi connectivity index (χ2v) is 4.47. The molecule has 18 heavy (non-hydrogen) atoms. The summed E-state index contributed by atoms with van der Waals surface area (Å²) in [7, 11) is 0. The Hall–Kier alpha value is -1.95. The first-order valence-electron chi connectivity index (χ1n) is 5.12. The summed E-state index contributed by atoms with van der Waals surface area (Å²) < 4.78 is 6.34. The van der Waals surface area contributed by atoms with Crippen LogP contribution in [0.1, 0.15) is 5.56 Å². The highest BCUT2D eigenvalue weighted by Crippen LogP contribution is 2.20. The molecule has 0 bridgehead atoms. The summed E-state index contributed by atoms with van der Waals surface area (Å²) in [4.78, 5) is 14.2. The number of non-ortho nitro benzene ring substituents is 1. The third-order valence-corrected chi connectivity index (χ3v) is 2.63. The SMILES string of the molecule is O=[N+]([O-])c1cccc(OCc2cncc(Br)c2)c1.